The number of nitrogen functional groups attached to an aromatic ring is 1. The zero-order valence-corrected chi connectivity index (χ0v) is 10.8. The van der Waals surface area contributed by atoms with Gasteiger partial charge in [-0.25, -0.2) is 4.39 Å². The Morgan fingerprint density at radius 3 is 2.61 bits per heavy atom. The van der Waals surface area contributed by atoms with Gasteiger partial charge in [-0.1, -0.05) is 23.2 Å². The van der Waals surface area contributed by atoms with Gasteiger partial charge in [0.1, 0.15) is 18.2 Å². The maximum Gasteiger partial charge on any atom is 0.138 e. The summed E-state index contributed by atoms with van der Waals surface area (Å²) in [4.78, 5) is 0. The van der Waals surface area contributed by atoms with Crippen LogP contribution in [0.1, 0.15) is 5.56 Å². The van der Waals surface area contributed by atoms with Crippen LogP contribution in [-0.4, -0.2) is 0 Å². The average Bonchev–Trinajstić information content (AvgIpc) is 2.32. The molecule has 2 aromatic rings. The first kappa shape index (κ1) is 13.0. The van der Waals surface area contributed by atoms with E-state index in [0.717, 1.165) is 0 Å². The molecule has 0 heterocycles. The summed E-state index contributed by atoms with van der Waals surface area (Å²) in [6.45, 7) is 0.0516. The van der Waals surface area contributed by atoms with Gasteiger partial charge in [0, 0.05) is 16.3 Å². The second kappa shape index (κ2) is 5.46. The minimum atomic E-state index is -0.369. The highest BCUT2D eigenvalue weighted by atomic mass is 35.5. The van der Waals surface area contributed by atoms with Crippen LogP contribution in [0.2, 0.25) is 10.0 Å². The van der Waals surface area contributed by atoms with Crippen LogP contribution in [0, 0.1) is 5.82 Å². The van der Waals surface area contributed by atoms with Crippen molar-refractivity contribution in [3.8, 4) is 5.75 Å². The Labute approximate surface area is 114 Å². The first-order valence-electron chi connectivity index (χ1n) is 5.18. The Bertz CT molecular complexity index is 575. The minimum absolute atomic E-state index is 0.0516. The van der Waals surface area contributed by atoms with Crippen molar-refractivity contribution in [2.75, 3.05) is 5.73 Å². The maximum absolute atomic E-state index is 13.4. The van der Waals surface area contributed by atoms with Gasteiger partial charge in [0.15, 0.2) is 0 Å². The van der Waals surface area contributed by atoms with E-state index in [1.807, 2.05) is 0 Å². The predicted molar refractivity (Wildman–Crippen MR) is 71.6 cm³/mol. The molecule has 0 bridgehead atoms. The first-order chi connectivity index (χ1) is 8.56. The van der Waals surface area contributed by atoms with Gasteiger partial charge in [-0.3, -0.25) is 0 Å². The number of halogens is 3. The molecule has 2 rings (SSSR count). The van der Waals surface area contributed by atoms with E-state index in [1.54, 1.807) is 18.2 Å². The second-order valence-corrected chi connectivity index (χ2v) is 4.56. The summed E-state index contributed by atoms with van der Waals surface area (Å²) >= 11 is 11.7. The molecule has 0 fully saturated rings. The third kappa shape index (κ3) is 3.06. The van der Waals surface area contributed by atoms with Crippen molar-refractivity contribution < 1.29 is 9.13 Å². The van der Waals surface area contributed by atoms with E-state index in [9.17, 15) is 4.39 Å². The topological polar surface area (TPSA) is 35.2 Å². The van der Waals surface area contributed by atoms with Crippen molar-refractivity contribution in [2.24, 2.45) is 0 Å². The number of hydrogen-bond acceptors (Lipinski definition) is 2. The molecular weight excluding hydrogens is 276 g/mol. The van der Waals surface area contributed by atoms with Gasteiger partial charge < -0.3 is 10.5 Å². The van der Waals surface area contributed by atoms with E-state index in [4.69, 9.17) is 33.7 Å². The Kier molecular flexibility index (Phi) is 3.94. The van der Waals surface area contributed by atoms with Crippen LogP contribution in [0.15, 0.2) is 36.4 Å². The van der Waals surface area contributed by atoms with Gasteiger partial charge in [0.05, 0.1) is 5.02 Å². The number of rotatable bonds is 3. The fourth-order valence-corrected chi connectivity index (χ4v) is 1.88. The number of hydrogen-bond donors (Lipinski definition) is 1. The molecule has 0 amide bonds. The summed E-state index contributed by atoms with van der Waals surface area (Å²) in [5.41, 5.74) is 6.47. The molecule has 5 heteroatoms. The molecule has 0 spiro atoms. The van der Waals surface area contributed by atoms with Gasteiger partial charge in [0.2, 0.25) is 0 Å². The highest BCUT2D eigenvalue weighted by Crippen LogP contribution is 2.27. The van der Waals surface area contributed by atoms with Crippen molar-refractivity contribution in [3.63, 3.8) is 0 Å². The molecule has 0 aromatic heterocycles. The molecule has 0 saturated heterocycles. The van der Waals surface area contributed by atoms with Crippen molar-refractivity contribution in [3.05, 3.63) is 57.8 Å². The molecule has 0 aliphatic rings. The molecule has 0 aliphatic heterocycles. The van der Waals surface area contributed by atoms with Crippen LogP contribution in [0.3, 0.4) is 0 Å². The van der Waals surface area contributed by atoms with Crippen molar-refractivity contribution in [1.82, 2.24) is 0 Å². The second-order valence-electron chi connectivity index (χ2n) is 3.71. The lowest BCUT2D eigenvalue weighted by Gasteiger charge is -2.09. The first-order valence-corrected chi connectivity index (χ1v) is 5.93. The smallest absolute Gasteiger partial charge is 0.138 e. The average molecular weight is 286 g/mol. The summed E-state index contributed by atoms with van der Waals surface area (Å²) in [5.74, 6) is 0.0798. The molecule has 2 aromatic carbocycles. The molecule has 94 valence electrons. The monoisotopic (exact) mass is 285 g/mol. The van der Waals surface area contributed by atoms with Crippen molar-refractivity contribution in [1.29, 1.82) is 0 Å². The SMILES string of the molecule is Nc1ccc(OCc2cc(Cl)ccc2F)c(Cl)c1. The largest absolute Gasteiger partial charge is 0.487 e. The summed E-state index contributed by atoms with van der Waals surface area (Å²) in [5, 5.41) is 0.843. The molecule has 2 nitrogen and oxygen atoms in total. The summed E-state index contributed by atoms with van der Waals surface area (Å²) in [7, 11) is 0. The number of ether oxygens (including phenoxy) is 1. The quantitative estimate of drug-likeness (QED) is 0.854. The number of anilines is 1. The lowest BCUT2D eigenvalue weighted by Crippen LogP contribution is -1.99. The van der Waals surface area contributed by atoms with Crippen molar-refractivity contribution >= 4 is 28.9 Å². The lowest BCUT2D eigenvalue weighted by atomic mass is 10.2. The van der Waals surface area contributed by atoms with Crippen LogP contribution < -0.4 is 10.5 Å². The molecular formula is C13H10Cl2FNO. The van der Waals surface area contributed by atoms with Crippen LogP contribution in [-0.2, 0) is 6.61 Å². The van der Waals surface area contributed by atoms with Gasteiger partial charge in [-0.05, 0) is 36.4 Å². The molecule has 18 heavy (non-hydrogen) atoms. The Balaban J connectivity index is 2.13. The predicted octanol–water partition coefficient (Wildman–Crippen LogP) is 4.29. The maximum atomic E-state index is 13.4. The molecule has 0 unspecified atom stereocenters. The third-order valence-electron chi connectivity index (χ3n) is 2.35. The highest BCUT2D eigenvalue weighted by Gasteiger charge is 2.06. The Hall–Kier alpha value is -1.45. The van der Waals surface area contributed by atoms with E-state index in [1.165, 1.54) is 18.2 Å². The molecule has 0 aliphatic carbocycles. The molecule has 0 saturated carbocycles. The van der Waals surface area contributed by atoms with Gasteiger partial charge in [0.25, 0.3) is 0 Å². The third-order valence-corrected chi connectivity index (χ3v) is 2.88. The van der Waals surface area contributed by atoms with E-state index in [0.29, 0.717) is 27.0 Å². The van der Waals surface area contributed by atoms with E-state index in [-0.39, 0.29) is 12.4 Å². The fourth-order valence-electron chi connectivity index (χ4n) is 1.44. The van der Waals surface area contributed by atoms with Gasteiger partial charge in [-0.2, -0.15) is 0 Å². The van der Waals surface area contributed by atoms with Gasteiger partial charge >= 0.3 is 0 Å². The molecule has 0 atom stereocenters. The zero-order chi connectivity index (χ0) is 13.1. The fraction of sp³-hybridized carbons (Fsp3) is 0.0769. The van der Waals surface area contributed by atoms with Gasteiger partial charge in [-0.15, -0.1) is 0 Å². The zero-order valence-electron chi connectivity index (χ0n) is 9.29. The number of nitrogens with two attached hydrogens (primary N) is 1. The lowest BCUT2D eigenvalue weighted by molar-refractivity contribution is 0.300. The van der Waals surface area contributed by atoms with Crippen LogP contribution >= 0.6 is 23.2 Å². The van der Waals surface area contributed by atoms with Crippen LogP contribution in [0.4, 0.5) is 10.1 Å². The van der Waals surface area contributed by atoms with E-state index >= 15 is 0 Å². The Morgan fingerprint density at radius 1 is 1.11 bits per heavy atom. The van der Waals surface area contributed by atoms with E-state index < -0.39 is 0 Å². The van der Waals surface area contributed by atoms with Crippen molar-refractivity contribution in [2.45, 2.75) is 6.61 Å². The van der Waals surface area contributed by atoms with Crippen LogP contribution in [0.5, 0.6) is 5.75 Å². The number of benzene rings is 2. The van der Waals surface area contributed by atoms with Crippen LogP contribution in [0.25, 0.3) is 0 Å². The summed E-state index contributed by atoms with van der Waals surface area (Å²) < 4.78 is 18.9. The molecule has 0 radical (unpaired) electrons. The highest BCUT2D eigenvalue weighted by molar-refractivity contribution is 6.32. The van der Waals surface area contributed by atoms with E-state index in [2.05, 4.69) is 0 Å². The minimum Gasteiger partial charge on any atom is -0.487 e. The standard InChI is InChI=1S/C13H10Cl2FNO/c14-9-1-3-12(16)8(5-9)7-18-13-4-2-10(17)6-11(13)15/h1-6H,7,17H2. The normalized spacial score (nSPS) is 10.4. The Morgan fingerprint density at radius 2 is 1.89 bits per heavy atom. The molecule has 2 N–H and O–H groups in total. The summed E-state index contributed by atoms with van der Waals surface area (Å²) in [6, 6.07) is 9.17. The summed E-state index contributed by atoms with van der Waals surface area (Å²) in [6.07, 6.45) is 0.